The van der Waals surface area contributed by atoms with Gasteiger partial charge in [-0.3, -0.25) is 14.9 Å². The predicted molar refractivity (Wildman–Crippen MR) is 94.9 cm³/mol. The second-order valence-electron chi connectivity index (χ2n) is 6.56. The summed E-state index contributed by atoms with van der Waals surface area (Å²) in [5.74, 6) is -0.710. The monoisotopic (exact) mass is 400 g/mol. The largest absolute Gasteiger partial charge is 0.416 e. The molecule has 0 spiro atoms. The highest BCUT2D eigenvalue weighted by Crippen LogP contribution is 2.32. The summed E-state index contributed by atoms with van der Waals surface area (Å²) < 4.78 is 38.7. The Balaban J connectivity index is 2.21. The molecule has 0 aliphatic rings. The van der Waals surface area contributed by atoms with Gasteiger partial charge in [0.15, 0.2) is 0 Å². The number of benzene rings is 2. The lowest BCUT2D eigenvalue weighted by Gasteiger charge is -2.26. The Morgan fingerprint density at radius 2 is 1.78 bits per heavy atom. The van der Waals surface area contributed by atoms with Crippen LogP contribution in [0.2, 0.25) is 5.02 Å². The van der Waals surface area contributed by atoms with Crippen molar-refractivity contribution in [1.82, 2.24) is 5.32 Å². The van der Waals surface area contributed by atoms with E-state index in [1.165, 1.54) is 24.3 Å². The molecule has 0 radical (unpaired) electrons. The van der Waals surface area contributed by atoms with Gasteiger partial charge >= 0.3 is 6.18 Å². The quantitative estimate of drug-likeness (QED) is 0.568. The van der Waals surface area contributed by atoms with Crippen molar-refractivity contribution in [2.45, 2.75) is 25.4 Å². The van der Waals surface area contributed by atoms with Gasteiger partial charge in [-0.25, -0.2) is 0 Å². The third kappa shape index (κ3) is 4.97. The number of hydrogen-bond donors (Lipinski definition) is 1. The minimum Gasteiger partial charge on any atom is -0.351 e. The Hall–Kier alpha value is -2.61. The van der Waals surface area contributed by atoms with E-state index in [2.05, 4.69) is 5.32 Å². The van der Waals surface area contributed by atoms with E-state index in [9.17, 15) is 28.1 Å². The first-order valence-corrected chi connectivity index (χ1v) is 8.19. The van der Waals surface area contributed by atoms with Crippen LogP contribution in [-0.4, -0.2) is 17.4 Å². The second-order valence-corrected chi connectivity index (χ2v) is 7.00. The van der Waals surface area contributed by atoms with Gasteiger partial charge in [0.1, 0.15) is 5.56 Å². The van der Waals surface area contributed by atoms with Gasteiger partial charge in [-0.15, -0.1) is 0 Å². The third-order valence-electron chi connectivity index (χ3n) is 4.06. The zero-order chi connectivity index (χ0) is 20.4. The number of nitrogens with one attached hydrogen (secondary N) is 1. The number of amides is 1. The van der Waals surface area contributed by atoms with E-state index in [1.54, 1.807) is 13.8 Å². The van der Waals surface area contributed by atoms with Gasteiger partial charge < -0.3 is 5.32 Å². The number of hydrogen-bond acceptors (Lipinski definition) is 3. The molecule has 2 aromatic carbocycles. The van der Waals surface area contributed by atoms with E-state index >= 15 is 0 Å². The molecule has 0 fully saturated rings. The maximum atomic E-state index is 12.9. The van der Waals surface area contributed by atoms with E-state index in [1.807, 2.05) is 0 Å². The molecule has 0 bridgehead atoms. The fourth-order valence-electron chi connectivity index (χ4n) is 2.46. The lowest BCUT2D eigenvalue weighted by Crippen LogP contribution is -2.37. The molecular weight excluding hydrogens is 385 g/mol. The molecule has 0 saturated carbocycles. The minimum absolute atomic E-state index is 0.0209. The molecule has 0 unspecified atom stereocenters. The number of nitro benzene ring substituents is 1. The van der Waals surface area contributed by atoms with Crippen molar-refractivity contribution in [2.24, 2.45) is 0 Å². The smallest absolute Gasteiger partial charge is 0.351 e. The highest BCUT2D eigenvalue weighted by atomic mass is 35.5. The molecule has 2 rings (SSSR count). The number of rotatable bonds is 5. The van der Waals surface area contributed by atoms with Crippen molar-refractivity contribution < 1.29 is 22.9 Å². The molecule has 1 N–H and O–H groups in total. The Morgan fingerprint density at radius 1 is 1.15 bits per heavy atom. The molecule has 2 aromatic rings. The van der Waals surface area contributed by atoms with Crippen LogP contribution in [0.5, 0.6) is 0 Å². The molecule has 0 heterocycles. The van der Waals surface area contributed by atoms with Gasteiger partial charge in [0.05, 0.1) is 10.5 Å². The van der Waals surface area contributed by atoms with Crippen LogP contribution in [0.3, 0.4) is 0 Å². The van der Waals surface area contributed by atoms with Crippen LogP contribution in [0, 0.1) is 10.1 Å². The first-order valence-electron chi connectivity index (χ1n) is 7.82. The minimum atomic E-state index is -4.47. The van der Waals surface area contributed by atoms with Gasteiger partial charge in [-0.1, -0.05) is 43.6 Å². The molecule has 5 nitrogen and oxygen atoms in total. The molecule has 1 amide bonds. The summed E-state index contributed by atoms with van der Waals surface area (Å²) in [6.45, 7) is 3.31. The number of carbonyl (C=O) groups excluding carboxylic acids is 1. The Labute approximate surface area is 158 Å². The van der Waals surface area contributed by atoms with Crippen molar-refractivity contribution in [3.8, 4) is 0 Å². The average Bonchev–Trinajstić information content (AvgIpc) is 2.59. The summed E-state index contributed by atoms with van der Waals surface area (Å²) >= 11 is 5.72. The van der Waals surface area contributed by atoms with E-state index in [4.69, 9.17) is 11.6 Å². The van der Waals surface area contributed by atoms with Crippen LogP contribution in [-0.2, 0) is 11.6 Å². The maximum Gasteiger partial charge on any atom is 0.416 e. The first-order chi connectivity index (χ1) is 12.4. The number of carbonyl (C=O) groups is 1. The second kappa shape index (κ2) is 7.56. The predicted octanol–water partition coefficient (Wildman–Crippen LogP) is 4.97. The normalized spacial score (nSPS) is 11.9. The highest BCUT2D eigenvalue weighted by Gasteiger charge is 2.32. The molecular formula is C18H16ClF3N2O3. The molecule has 0 aliphatic carbocycles. The van der Waals surface area contributed by atoms with Crippen molar-refractivity contribution in [1.29, 1.82) is 0 Å². The third-order valence-corrected chi connectivity index (χ3v) is 4.30. The summed E-state index contributed by atoms with van der Waals surface area (Å²) in [7, 11) is 0. The van der Waals surface area contributed by atoms with Crippen LogP contribution in [0.1, 0.15) is 35.3 Å². The summed E-state index contributed by atoms with van der Waals surface area (Å²) in [6.07, 6.45) is -4.47. The van der Waals surface area contributed by atoms with Crippen LogP contribution in [0.4, 0.5) is 18.9 Å². The van der Waals surface area contributed by atoms with Crippen LogP contribution in [0.15, 0.2) is 42.5 Å². The lowest BCUT2D eigenvalue weighted by molar-refractivity contribution is -0.385. The summed E-state index contributed by atoms with van der Waals surface area (Å²) in [4.78, 5) is 22.7. The van der Waals surface area contributed by atoms with Crippen LogP contribution in [0.25, 0.3) is 0 Å². The molecule has 0 aliphatic heterocycles. The Kier molecular flexibility index (Phi) is 5.79. The van der Waals surface area contributed by atoms with E-state index in [0.717, 1.165) is 18.2 Å². The fraction of sp³-hybridized carbons (Fsp3) is 0.278. The fourth-order valence-corrected chi connectivity index (χ4v) is 2.63. The molecule has 0 atom stereocenters. The standard InChI is InChI=1S/C18H16ClF3N2O3/c1-17(2,11-4-3-5-12(8-11)18(20,21)22)10-23-16(25)14-7-6-13(19)9-15(14)24(26)27/h3-9H,10H2,1-2H3,(H,23,25). The van der Waals surface area contributed by atoms with Crippen molar-refractivity contribution in [3.05, 3.63) is 74.3 Å². The number of nitro groups is 1. The molecule has 9 heteroatoms. The van der Waals surface area contributed by atoms with Crippen molar-refractivity contribution in [2.75, 3.05) is 6.54 Å². The van der Waals surface area contributed by atoms with E-state index in [0.29, 0.717) is 5.56 Å². The molecule has 27 heavy (non-hydrogen) atoms. The van der Waals surface area contributed by atoms with Crippen molar-refractivity contribution in [3.63, 3.8) is 0 Å². The Morgan fingerprint density at radius 3 is 2.37 bits per heavy atom. The lowest BCUT2D eigenvalue weighted by atomic mass is 9.83. The topological polar surface area (TPSA) is 72.2 Å². The maximum absolute atomic E-state index is 12.9. The average molecular weight is 401 g/mol. The van der Waals surface area contributed by atoms with E-state index < -0.39 is 33.7 Å². The summed E-state index contributed by atoms with van der Waals surface area (Å²) in [5.41, 5.74) is -1.87. The molecule has 144 valence electrons. The first kappa shape index (κ1) is 20.7. The van der Waals surface area contributed by atoms with Crippen LogP contribution < -0.4 is 5.32 Å². The highest BCUT2D eigenvalue weighted by molar-refractivity contribution is 6.31. The van der Waals surface area contributed by atoms with E-state index in [-0.39, 0.29) is 17.1 Å². The molecule has 0 saturated heterocycles. The van der Waals surface area contributed by atoms with Gasteiger partial charge in [-0.05, 0) is 23.8 Å². The van der Waals surface area contributed by atoms with Gasteiger partial charge in [-0.2, -0.15) is 13.2 Å². The van der Waals surface area contributed by atoms with Gasteiger partial charge in [0, 0.05) is 23.0 Å². The SMILES string of the molecule is CC(C)(CNC(=O)c1ccc(Cl)cc1[N+](=O)[O-])c1cccc(C(F)(F)F)c1. The zero-order valence-electron chi connectivity index (χ0n) is 14.4. The number of halogens is 4. The van der Waals surface area contributed by atoms with Gasteiger partial charge in [0.25, 0.3) is 11.6 Å². The summed E-state index contributed by atoms with van der Waals surface area (Å²) in [5, 5.41) is 13.7. The zero-order valence-corrected chi connectivity index (χ0v) is 15.2. The van der Waals surface area contributed by atoms with Crippen molar-refractivity contribution >= 4 is 23.2 Å². The Bertz CT molecular complexity index is 882. The van der Waals surface area contributed by atoms with Gasteiger partial charge in [0.2, 0.25) is 0 Å². The summed E-state index contributed by atoms with van der Waals surface area (Å²) in [6, 6.07) is 8.47. The number of nitrogens with zero attached hydrogens (tertiary/aromatic N) is 1. The molecule has 0 aromatic heterocycles. The van der Waals surface area contributed by atoms with Crippen LogP contribution >= 0.6 is 11.6 Å². The number of alkyl halides is 3.